The smallest absolute Gasteiger partial charge is 0.248 e. The molecule has 1 amide bonds. The number of nitrogens with zero attached hydrogens (tertiary/aromatic N) is 5. The van der Waals surface area contributed by atoms with Crippen molar-refractivity contribution in [3.63, 3.8) is 0 Å². The summed E-state index contributed by atoms with van der Waals surface area (Å²) in [5, 5.41) is 12.4. The number of aryl methyl sites for hydroxylation is 1. The average molecular weight is 475 g/mol. The van der Waals surface area contributed by atoms with E-state index >= 15 is 0 Å². The SMILES string of the molecule is Cc1nn(-c2ccccc2)c(C)c1NC(=O)/C=C/c1cn(Cc2ccccc2)nc1-c1cccnc1. The number of nitrogens with one attached hydrogen (secondary N) is 1. The Balaban J connectivity index is 1.39. The maximum Gasteiger partial charge on any atom is 0.248 e. The van der Waals surface area contributed by atoms with Crippen molar-refractivity contribution in [2.75, 3.05) is 5.32 Å². The summed E-state index contributed by atoms with van der Waals surface area (Å²) >= 11 is 0. The topological polar surface area (TPSA) is 77.6 Å². The second-order valence-electron chi connectivity index (χ2n) is 8.47. The number of pyridine rings is 1. The molecule has 36 heavy (non-hydrogen) atoms. The van der Waals surface area contributed by atoms with Crippen LogP contribution in [0, 0.1) is 13.8 Å². The standard InChI is InChI=1S/C29H26N6O/c1-21-28(22(2)35(32-21)26-13-7-4-8-14-26)31-27(36)16-15-25-20-34(19-23-10-5-3-6-11-23)33-29(25)24-12-9-17-30-18-24/h3-18,20H,19H2,1-2H3,(H,31,36)/b16-15+. The van der Waals surface area contributed by atoms with Crippen LogP contribution in [0.4, 0.5) is 5.69 Å². The van der Waals surface area contributed by atoms with E-state index in [4.69, 9.17) is 5.10 Å². The molecule has 0 radical (unpaired) electrons. The van der Waals surface area contributed by atoms with Crippen LogP contribution >= 0.6 is 0 Å². The van der Waals surface area contributed by atoms with Crippen LogP contribution in [0.2, 0.25) is 0 Å². The number of rotatable bonds is 7. The van der Waals surface area contributed by atoms with Crippen molar-refractivity contribution >= 4 is 17.7 Å². The Morgan fingerprint density at radius 1 is 0.944 bits per heavy atom. The highest BCUT2D eigenvalue weighted by atomic mass is 16.1. The molecule has 2 aromatic carbocycles. The van der Waals surface area contributed by atoms with Gasteiger partial charge >= 0.3 is 0 Å². The van der Waals surface area contributed by atoms with Gasteiger partial charge < -0.3 is 5.32 Å². The van der Waals surface area contributed by atoms with E-state index < -0.39 is 0 Å². The summed E-state index contributed by atoms with van der Waals surface area (Å²) in [4.78, 5) is 17.1. The lowest BCUT2D eigenvalue weighted by Crippen LogP contribution is -2.09. The largest absolute Gasteiger partial charge is 0.319 e. The van der Waals surface area contributed by atoms with Gasteiger partial charge in [-0.3, -0.25) is 14.5 Å². The normalized spacial score (nSPS) is 11.2. The zero-order valence-electron chi connectivity index (χ0n) is 20.2. The van der Waals surface area contributed by atoms with E-state index in [0.717, 1.165) is 39.5 Å². The van der Waals surface area contributed by atoms with Gasteiger partial charge in [0.05, 0.1) is 29.3 Å². The highest BCUT2D eigenvalue weighted by Crippen LogP contribution is 2.25. The Hall–Kier alpha value is -4.78. The van der Waals surface area contributed by atoms with Crippen molar-refractivity contribution in [2.45, 2.75) is 20.4 Å². The summed E-state index contributed by atoms with van der Waals surface area (Å²) in [7, 11) is 0. The molecule has 7 nitrogen and oxygen atoms in total. The lowest BCUT2D eigenvalue weighted by Gasteiger charge is -2.05. The second-order valence-corrected chi connectivity index (χ2v) is 8.47. The highest BCUT2D eigenvalue weighted by molar-refractivity contribution is 6.03. The molecule has 0 aliphatic heterocycles. The summed E-state index contributed by atoms with van der Waals surface area (Å²) in [6.45, 7) is 4.46. The number of benzene rings is 2. The van der Waals surface area contributed by atoms with Crippen molar-refractivity contribution in [2.24, 2.45) is 0 Å². The van der Waals surface area contributed by atoms with Crippen molar-refractivity contribution in [3.05, 3.63) is 120 Å². The molecule has 3 aromatic heterocycles. The van der Waals surface area contributed by atoms with E-state index in [-0.39, 0.29) is 5.91 Å². The number of aromatic nitrogens is 5. The molecule has 7 heteroatoms. The number of carbonyl (C=O) groups excluding carboxylic acids is 1. The average Bonchev–Trinajstić information content (AvgIpc) is 3.44. The summed E-state index contributed by atoms with van der Waals surface area (Å²) in [6.07, 6.45) is 8.77. The van der Waals surface area contributed by atoms with Gasteiger partial charge in [0.15, 0.2) is 0 Å². The van der Waals surface area contributed by atoms with E-state index in [1.54, 1.807) is 18.5 Å². The number of hydrogen-bond acceptors (Lipinski definition) is 4. The van der Waals surface area contributed by atoms with Gasteiger partial charge in [-0.15, -0.1) is 0 Å². The Bertz CT molecular complexity index is 1500. The summed E-state index contributed by atoms with van der Waals surface area (Å²) in [6, 6.07) is 23.8. The quantitative estimate of drug-likeness (QED) is 0.318. The molecule has 0 fully saturated rings. The van der Waals surface area contributed by atoms with Gasteiger partial charge in [0.2, 0.25) is 5.91 Å². The van der Waals surface area contributed by atoms with Crippen LogP contribution in [0.25, 0.3) is 23.0 Å². The van der Waals surface area contributed by atoms with Gasteiger partial charge in [-0.25, -0.2) is 4.68 Å². The number of amides is 1. The molecule has 0 saturated carbocycles. The zero-order valence-corrected chi connectivity index (χ0v) is 20.2. The minimum atomic E-state index is -0.234. The van der Waals surface area contributed by atoms with Crippen LogP contribution in [-0.2, 0) is 11.3 Å². The fourth-order valence-electron chi connectivity index (χ4n) is 4.11. The summed E-state index contributed by atoms with van der Waals surface area (Å²) in [5.41, 5.74) is 6.92. The maximum atomic E-state index is 12.9. The first-order valence-corrected chi connectivity index (χ1v) is 11.7. The van der Waals surface area contributed by atoms with Crippen molar-refractivity contribution < 1.29 is 4.79 Å². The summed E-state index contributed by atoms with van der Waals surface area (Å²) in [5.74, 6) is -0.234. The Labute approximate surface area is 209 Å². The first-order chi connectivity index (χ1) is 17.6. The third-order valence-corrected chi connectivity index (χ3v) is 5.87. The maximum absolute atomic E-state index is 12.9. The third-order valence-electron chi connectivity index (χ3n) is 5.87. The van der Waals surface area contributed by atoms with Gasteiger partial charge in [0, 0.05) is 35.8 Å². The second kappa shape index (κ2) is 10.2. The molecule has 0 saturated heterocycles. The molecule has 0 bridgehead atoms. The van der Waals surface area contributed by atoms with Crippen LogP contribution < -0.4 is 5.32 Å². The Kier molecular flexibility index (Phi) is 6.53. The minimum absolute atomic E-state index is 0.234. The van der Waals surface area contributed by atoms with E-state index in [2.05, 4.69) is 27.5 Å². The lowest BCUT2D eigenvalue weighted by molar-refractivity contribution is -0.111. The van der Waals surface area contributed by atoms with Gasteiger partial charge in [-0.05, 0) is 49.8 Å². The van der Waals surface area contributed by atoms with E-state index in [1.807, 2.05) is 90.1 Å². The molecule has 0 unspecified atom stereocenters. The summed E-state index contributed by atoms with van der Waals surface area (Å²) < 4.78 is 3.72. The molecule has 5 aromatic rings. The molecule has 178 valence electrons. The van der Waals surface area contributed by atoms with Gasteiger partial charge in [0.25, 0.3) is 0 Å². The number of para-hydroxylation sites is 1. The van der Waals surface area contributed by atoms with Crippen LogP contribution in [0.15, 0.2) is 97.5 Å². The molecule has 0 aliphatic carbocycles. The molecule has 1 N–H and O–H groups in total. The Morgan fingerprint density at radius 3 is 2.42 bits per heavy atom. The monoisotopic (exact) mass is 474 g/mol. The van der Waals surface area contributed by atoms with Gasteiger partial charge in [-0.2, -0.15) is 10.2 Å². The zero-order chi connectivity index (χ0) is 24.9. The first kappa shape index (κ1) is 23.0. The fraction of sp³-hybridized carbons (Fsp3) is 0.103. The molecular formula is C29H26N6O. The number of carbonyl (C=O) groups is 1. The molecular weight excluding hydrogens is 448 g/mol. The molecule has 0 spiro atoms. The predicted octanol–water partition coefficient (Wildman–Crippen LogP) is 5.45. The van der Waals surface area contributed by atoms with Crippen molar-refractivity contribution in [3.8, 4) is 16.9 Å². The minimum Gasteiger partial charge on any atom is -0.319 e. The first-order valence-electron chi connectivity index (χ1n) is 11.7. The van der Waals surface area contributed by atoms with Crippen LogP contribution in [0.3, 0.4) is 0 Å². The van der Waals surface area contributed by atoms with Gasteiger partial charge in [-0.1, -0.05) is 48.5 Å². The van der Waals surface area contributed by atoms with Crippen LogP contribution in [0.5, 0.6) is 0 Å². The van der Waals surface area contributed by atoms with Gasteiger partial charge in [0.1, 0.15) is 5.69 Å². The fourth-order valence-corrected chi connectivity index (χ4v) is 4.11. The van der Waals surface area contributed by atoms with Crippen molar-refractivity contribution in [1.29, 1.82) is 0 Å². The third kappa shape index (κ3) is 5.00. The molecule has 3 heterocycles. The highest BCUT2D eigenvalue weighted by Gasteiger charge is 2.15. The Morgan fingerprint density at radius 2 is 1.69 bits per heavy atom. The van der Waals surface area contributed by atoms with Crippen LogP contribution in [0.1, 0.15) is 22.5 Å². The van der Waals surface area contributed by atoms with E-state index in [9.17, 15) is 4.79 Å². The van der Waals surface area contributed by atoms with Crippen LogP contribution in [-0.4, -0.2) is 30.5 Å². The molecule has 0 atom stereocenters. The van der Waals surface area contributed by atoms with E-state index in [1.165, 1.54) is 6.08 Å². The lowest BCUT2D eigenvalue weighted by atomic mass is 10.1. The number of hydrogen-bond donors (Lipinski definition) is 1. The van der Waals surface area contributed by atoms with E-state index in [0.29, 0.717) is 12.2 Å². The van der Waals surface area contributed by atoms with Crippen molar-refractivity contribution in [1.82, 2.24) is 24.5 Å². The predicted molar refractivity (Wildman–Crippen MR) is 142 cm³/mol. The molecule has 0 aliphatic rings. The molecule has 5 rings (SSSR count). The number of anilines is 1.